The highest BCUT2D eigenvalue weighted by Gasteiger charge is 2.30. The van der Waals surface area contributed by atoms with E-state index in [4.69, 9.17) is 14.2 Å². The maximum Gasteiger partial charge on any atom is 0.271 e. The number of hydrogen-bond donors (Lipinski definition) is 1. The molecule has 6 heteroatoms. The van der Waals surface area contributed by atoms with Crippen LogP contribution in [0.25, 0.3) is 0 Å². The van der Waals surface area contributed by atoms with Gasteiger partial charge in [-0.15, -0.1) is 0 Å². The zero-order chi connectivity index (χ0) is 18.5. The number of rotatable bonds is 5. The van der Waals surface area contributed by atoms with Crippen LogP contribution in [0.4, 0.5) is 0 Å². The zero-order valence-corrected chi connectivity index (χ0v) is 15.8. The second-order valence-electron chi connectivity index (χ2n) is 7.08. The van der Waals surface area contributed by atoms with Crippen molar-refractivity contribution < 1.29 is 19.0 Å². The van der Waals surface area contributed by atoms with Gasteiger partial charge in [0.25, 0.3) is 5.91 Å². The van der Waals surface area contributed by atoms with Crippen molar-refractivity contribution in [1.29, 1.82) is 0 Å². The summed E-state index contributed by atoms with van der Waals surface area (Å²) in [6.07, 6.45) is 8.54. The molecular weight excluding hydrogens is 332 g/mol. The van der Waals surface area contributed by atoms with Gasteiger partial charge in [-0.1, -0.05) is 19.3 Å². The Balaban J connectivity index is 1.70. The molecule has 1 N–H and O–H groups in total. The standard InChI is InChI=1S/C20H28N2O4/c1-24-17-11-15(12-18(25-2)19(17)26-3)20(23)22-21-16-9-8-13-6-4-5-7-14(13)10-16/h11-14H,4-10H2,1-3H3,(H,22,23)/b21-16-/t13-,14-/m1/s1. The molecule has 2 aliphatic rings. The molecule has 0 spiro atoms. The molecule has 0 radical (unpaired) electrons. The molecule has 0 aliphatic heterocycles. The molecule has 6 nitrogen and oxygen atoms in total. The van der Waals surface area contributed by atoms with E-state index in [2.05, 4.69) is 10.5 Å². The number of benzene rings is 1. The maximum atomic E-state index is 12.5. The lowest BCUT2D eigenvalue weighted by Crippen LogP contribution is -2.29. The van der Waals surface area contributed by atoms with Crippen LogP contribution in [0.15, 0.2) is 17.2 Å². The first kappa shape index (κ1) is 18.5. The van der Waals surface area contributed by atoms with Crippen molar-refractivity contribution >= 4 is 11.6 Å². The van der Waals surface area contributed by atoms with Gasteiger partial charge in [0.2, 0.25) is 5.75 Å². The fourth-order valence-electron chi connectivity index (χ4n) is 4.20. The zero-order valence-electron chi connectivity index (χ0n) is 15.8. The molecule has 26 heavy (non-hydrogen) atoms. The van der Waals surface area contributed by atoms with Crippen molar-refractivity contribution in [1.82, 2.24) is 5.43 Å². The van der Waals surface area contributed by atoms with Crippen molar-refractivity contribution in [2.45, 2.75) is 44.9 Å². The van der Waals surface area contributed by atoms with Gasteiger partial charge in [-0.25, -0.2) is 5.43 Å². The first-order valence-corrected chi connectivity index (χ1v) is 9.32. The van der Waals surface area contributed by atoms with Gasteiger partial charge in [0, 0.05) is 11.3 Å². The summed E-state index contributed by atoms with van der Waals surface area (Å²) < 4.78 is 15.9. The van der Waals surface area contributed by atoms with Gasteiger partial charge >= 0.3 is 0 Å². The van der Waals surface area contributed by atoms with Crippen LogP contribution in [0.2, 0.25) is 0 Å². The van der Waals surface area contributed by atoms with E-state index in [1.807, 2.05) is 0 Å². The highest BCUT2D eigenvalue weighted by atomic mass is 16.5. The van der Waals surface area contributed by atoms with Crippen LogP contribution in [0.3, 0.4) is 0 Å². The number of amides is 1. The largest absolute Gasteiger partial charge is 0.493 e. The van der Waals surface area contributed by atoms with Crippen LogP contribution in [0.1, 0.15) is 55.3 Å². The van der Waals surface area contributed by atoms with Gasteiger partial charge in [-0.05, 0) is 49.7 Å². The Morgan fingerprint density at radius 1 is 1.00 bits per heavy atom. The van der Waals surface area contributed by atoms with Crippen molar-refractivity contribution in [3.63, 3.8) is 0 Å². The number of nitrogens with zero attached hydrogens (tertiary/aromatic N) is 1. The average Bonchev–Trinajstić information content (AvgIpc) is 2.70. The summed E-state index contributed by atoms with van der Waals surface area (Å²) in [5.41, 5.74) is 4.23. The molecule has 0 unspecified atom stereocenters. The SMILES string of the molecule is COc1cc(C(=O)N/N=C2/CC[C@H]3CCCC[C@@H]3C2)cc(OC)c1OC. The van der Waals surface area contributed by atoms with E-state index >= 15 is 0 Å². The average molecular weight is 360 g/mol. The molecule has 0 bridgehead atoms. The van der Waals surface area contributed by atoms with Crippen molar-refractivity contribution in [2.24, 2.45) is 16.9 Å². The van der Waals surface area contributed by atoms with Gasteiger partial charge in [-0.2, -0.15) is 5.10 Å². The highest BCUT2D eigenvalue weighted by molar-refractivity contribution is 5.96. The summed E-state index contributed by atoms with van der Waals surface area (Å²) in [6.45, 7) is 0. The van der Waals surface area contributed by atoms with E-state index in [1.54, 1.807) is 12.1 Å². The third-order valence-electron chi connectivity index (χ3n) is 5.61. The molecule has 142 valence electrons. The van der Waals surface area contributed by atoms with E-state index in [0.29, 0.717) is 22.8 Å². The van der Waals surface area contributed by atoms with E-state index < -0.39 is 0 Å². The lowest BCUT2D eigenvalue weighted by molar-refractivity contribution is 0.0953. The minimum atomic E-state index is -0.275. The molecule has 2 aliphatic carbocycles. The first-order valence-electron chi connectivity index (χ1n) is 9.32. The van der Waals surface area contributed by atoms with Crippen LogP contribution in [0, 0.1) is 11.8 Å². The smallest absolute Gasteiger partial charge is 0.271 e. The number of hydrazone groups is 1. The van der Waals surface area contributed by atoms with Gasteiger partial charge < -0.3 is 14.2 Å². The fourth-order valence-corrected chi connectivity index (χ4v) is 4.20. The third-order valence-corrected chi connectivity index (χ3v) is 5.61. The Hall–Kier alpha value is -2.24. The Morgan fingerprint density at radius 2 is 1.65 bits per heavy atom. The van der Waals surface area contributed by atoms with E-state index in [9.17, 15) is 4.79 Å². The lowest BCUT2D eigenvalue weighted by Gasteiger charge is -2.35. The number of methoxy groups -OCH3 is 3. The number of nitrogens with one attached hydrogen (secondary N) is 1. The molecule has 2 fully saturated rings. The van der Waals surface area contributed by atoms with Crippen LogP contribution in [-0.2, 0) is 0 Å². The van der Waals surface area contributed by atoms with E-state index in [1.165, 1.54) is 53.4 Å². The number of carbonyl (C=O) groups excluding carboxylic acids is 1. The number of carbonyl (C=O) groups is 1. The quantitative estimate of drug-likeness (QED) is 0.811. The molecule has 1 aromatic rings. The summed E-state index contributed by atoms with van der Waals surface area (Å²) in [5.74, 6) is 2.69. The summed E-state index contributed by atoms with van der Waals surface area (Å²) in [4.78, 5) is 12.5. The molecule has 0 aromatic heterocycles. The van der Waals surface area contributed by atoms with Crippen molar-refractivity contribution in [3.05, 3.63) is 17.7 Å². The third kappa shape index (κ3) is 3.94. The summed E-state index contributed by atoms with van der Waals surface area (Å²) >= 11 is 0. The van der Waals surface area contributed by atoms with E-state index in [0.717, 1.165) is 30.4 Å². The molecule has 2 saturated carbocycles. The van der Waals surface area contributed by atoms with Gasteiger partial charge in [-0.3, -0.25) is 4.79 Å². The number of fused-ring (bicyclic) bond motifs is 1. The van der Waals surface area contributed by atoms with Crippen LogP contribution >= 0.6 is 0 Å². The number of hydrogen-bond acceptors (Lipinski definition) is 5. The Kier molecular flexibility index (Phi) is 6.01. The Labute approximate surface area is 154 Å². The fraction of sp³-hybridized carbons (Fsp3) is 0.600. The predicted molar refractivity (Wildman–Crippen MR) is 100 cm³/mol. The summed E-state index contributed by atoms with van der Waals surface area (Å²) in [5, 5.41) is 4.41. The van der Waals surface area contributed by atoms with E-state index in [-0.39, 0.29) is 5.91 Å². The predicted octanol–water partition coefficient (Wildman–Crippen LogP) is 3.79. The normalized spacial score (nSPS) is 23.9. The monoisotopic (exact) mass is 360 g/mol. The Bertz CT molecular complexity index is 661. The van der Waals surface area contributed by atoms with Gasteiger partial charge in [0.1, 0.15) is 0 Å². The molecule has 1 aromatic carbocycles. The maximum absolute atomic E-state index is 12.5. The van der Waals surface area contributed by atoms with Gasteiger partial charge in [0.05, 0.1) is 21.3 Å². The summed E-state index contributed by atoms with van der Waals surface area (Å²) in [7, 11) is 4.59. The minimum Gasteiger partial charge on any atom is -0.493 e. The van der Waals surface area contributed by atoms with Crippen molar-refractivity contribution in [3.8, 4) is 17.2 Å². The summed E-state index contributed by atoms with van der Waals surface area (Å²) in [6, 6.07) is 3.27. The molecule has 2 atom stereocenters. The first-order chi connectivity index (χ1) is 12.7. The molecule has 1 amide bonds. The second-order valence-corrected chi connectivity index (χ2v) is 7.08. The molecular formula is C20H28N2O4. The van der Waals surface area contributed by atoms with Crippen LogP contribution in [-0.4, -0.2) is 32.9 Å². The van der Waals surface area contributed by atoms with Crippen molar-refractivity contribution in [2.75, 3.05) is 21.3 Å². The lowest BCUT2D eigenvalue weighted by atomic mass is 9.70. The van der Waals surface area contributed by atoms with Gasteiger partial charge in [0.15, 0.2) is 11.5 Å². The van der Waals surface area contributed by atoms with Crippen LogP contribution < -0.4 is 19.6 Å². The molecule has 0 heterocycles. The van der Waals surface area contributed by atoms with Crippen LogP contribution in [0.5, 0.6) is 17.2 Å². The minimum absolute atomic E-state index is 0.275. The molecule has 3 rings (SSSR count). The highest BCUT2D eigenvalue weighted by Crippen LogP contribution is 2.40. The Morgan fingerprint density at radius 3 is 2.27 bits per heavy atom. The topological polar surface area (TPSA) is 69.2 Å². The molecule has 0 saturated heterocycles. The second kappa shape index (κ2) is 8.43. The number of ether oxygens (including phenoxy) is 3.